The molecule has 33 heavy (non-hydrogen) atoms. The number of nitro benzene ring substituents is 1. The van der Waals surface area contributed by atoms with Crippen LogP contribution in [0.5, 0.6) is 0 Å². The highest BCUT2D eigenvalue weighted by Crippen LogP contribution is 2.24. The van der Waals surface area contributed by atoms with Crippen LogP contribution in [0.15, 0.2) is 67.5 Å². The van der Waals surface area contributed by atoms with Crippen LogP contribution in [-0.2, 0) is 14.8 Å². The number of aromatic nitrogens is 2. The van der Waals surface area contributed by atoms with E-state index in [1.807, 2.05) is 24.3 Å². The summed E-state index contributed by atoms with van der Waals surface area (Å²) in [6.07, 6.45) is 0.296. The van der Waals surface area contributed by atoms with Gasteiger partial charge in [-0.3, -0.25) is 14.9 Å². The lowest BCUT2D eigenvalue weighted by Crippen LogP contribution is -2.31. The molecular weight excluding hydrogens is 538 g/mol. The van der Waals surface area contributed by atoms with Gasteiger partial charge >= 0.3 is 0 Å². The van der Waals surface area contributed by atoms with Gasteiger partial charge in [-0.05, 0) is 36.8 Å². The third kappa shape index (κ3) is 7.08. The zero-order valence-corrected chi connectivity index (χ0v) is 20.2. The topological polar surface area (TPSA) is 157 Å². The predicted molar refractivity (Wildman–Crippen MR) is 124 cm³/mol. The first kappa shape index (κ1) is 24.8. The monoisotopic (exact) mass is 555 g/mol. The summed E-state index contributed by atoms with van der Waals surface area (Å²) in [5, 5.41) is 21.8. The Labute approximate surface area is 201 Å². The van der Waals surface area contributed by atoms with Crippen molar-refractivity contribution in [3.63, 3.8) is 0 Å². The molecule has 0 saturated heterocycles. The zero-order valence-electron chi connectivity index (χ0n) is 16.9. The molecule has 0 aliphatic heterocycles. The van der Waals surface area contributed by atoms with Crippen molar-refractivity contribution in [1.29, 1.82) is 0 Å². The molecule has 174 valence electrons. The minimum absolute atomic E-state index is 0.00200. The van der Waals surface area contributed by atoms with Gasteiger partial charge in [0, 0.05) is 29.2 Å². The van der Waals surface area contributed by atoms with Crippen molar-refractivity contribution in [2.75, 3.05) is 18.8 Å². The first-order valence-corrected chi connectivity index (χ1v) is 12.7. The van der Waals surface area contributed by atoms with E-state index in [-0.39, 0.29) is 30.0 Å². The Hall–Kier alpha value is -2.81. The van der Waals surface area contributed by atoms with Crippen LogP contribution in [0.4, 0.5) is 5.69 Å². The lowest BCUT2D eigenvalue weighted by Gasteiger charge is -2.08. The average Bonchev–Trinajstić information content (AvgIpc) is 3.27. The number of para-hydroxylation sites is 1. The molecule has 0 radical (unpaired) electrons. The summed E-state index contributed by atoms with van der Waals surface area (Å²) in [5.41, 5.74) is 0.255. The first-order valence-electron chi connectivity index (χ1n) is 9.48. The van der Waals surface area contributed by atoms with Crippen molar-refractivity contribution in [3.05, 3.63) is 63.1 Å². The normalized spacial score (nSPS) is 11.3. The molecule has 1 heterocycles. The van der Waals surface area contributed by atoms with E-state index in [0.29, 0.717) is 12.3 Å². The van der Waals surface area contributed by atoms with Crippen LogP contribution in [0.3, 0.4) is 0 Å². The number of amides is 1. The van der Waals surface area contributed by atoms with Crippen LogP contribution in [0.25, 0.3) is 11.5 Å². The molecule has 11 nitrogen and oxygen atoms in total. The molecule has 14 heteroatoms. The Morgan fingerprint density at radius 1 is 1.12 bits per heavy atom. The smallest absolute Gasteiger partial charge is 0.289 e. The molecule has 0 unspecified atom stereocenters. The van der Waals surface area contributed by atoms with Crippen LogP contribution in [0, 0.1) is 10.1 Å². The first-order chi connectivity index (χ1) is 15.8. The molecule has 1 amide bonds. The summed E-state index contributed by atoms with van der Waals surface area (Å²) in [6, 6.07) is 12.4. The molecule has 2 N–H and O–H groups in total. The van der Waals surface area contributed by atoms with Crippen LogP contribution in [0.1, 0.15) is 6.42 Å². The lowest BCUT2D eigenvalue weighted by molar-refractivity contribution is -0.387. The number of benzene rings is 2. The lowest BCUT2D eigenvalue weighted by atomic mass is 10.2. The van der Waals surface area contributed by atoms with Crippen LogP contribution >= 0.6 is 27.7 Å². The molecule has 0 spiro atoms. The van der Waals surface area contributed by atoms with Gasteiger partial charge in [-0.15, -0.1) is 10.2 Å². The van der Waals surface area contributed by atoms with Crippen molar-refractivity contribution < 1.29 is 22.6 Å². The fraction of sp³-hybridized carbons (Fsp3) is 0.211. The van der Waals surface area contributed by atoms with E-state index in [0.717, 1.165) is 27.9 Å². The van der Waals surface area contributed by atoms with E-state index in [1.54, 1.807) is 0 Å². The molecule has 0 aliphatic rings. The van der Waals surface area contributed by atoms with Gasteiger partial charge in [0.25, 0.3) is 10.9 Å². The summed E-state index contributed by atoms with van der Waals surface area (Å²) in [5.74, 6) is 0.102. The van der Waals surface area contributed by atoms with E-state index in [4.69, 9.17) is 4.42 Å². The Bertz CT molecular complexity index is 1230. The molecular formula is C19H18BrN5O6S2. The van der Waals surface area contributed by atoms with E-state index < -0.39 is 25.5 Å². The molecule has 0 atom stereocenters. The minimum atomic E-state index is -4.04. The van der Waals surface area contributed by atoms with Crippen molar-refractivity contribution in [3.8, 4) is 11.5 Å². The second kappa shape index (κ2) is 11.4. The molecule has 0 bridgehead atoms. The number of halogens is 1. The van der Waals surface area contributed by atoms with Gasteiger partial charge in [0.1, 0.15) is 0 Å². The largest absolute Gasteiger partial charge is 0.411 e. The second-order valence-electron chi connectivity index (χ2n) is 6.49. The van der Waals surface area contributed by atoms with E-state index in [9.17, 15) is 23.3 Å². The summed E-state index contributed by atoms with van der Waals surface area (Å²) in [4.78, 5) is 21.9. The number of hydrogen-bond acceptors (Lipinski definition) is 9. The summed E-state index contributed by atoms with van der Waals surface area (Å²) in [6.45, 7) is 0.217. The Kier molecular flexibility index (Phi) is 8.55. The molecule has 3 rings (SSSR count). The van der Waals surface area contributed by atoms with Crippen LogP contribution < -0.4 is 10.0 Å². The average molecular weight is 556 g/mol. The Balaban J connectivity index is 1.39. The van der Waals surface area contributed by atoms with Gasteiger partial charge < -0.3 is 9.73 Å². The number of nitrogens with one attached hydrogen (secondary N) is 2. The third-order valence-corrected chi connectivity index (χ3v) is 7.00. The maximum atomic E-state index is 12.3. The van der Waals surface area contributed by atoms with Gasteiger partial charge in [-0.2, -0.15) is 0 Å². The number of hydrogen-bond donors (Lipinski definition) is 2. The molecule has 0 saturated carbocycles. The van der Waals surface area contributed by atoms with Gasteiger partial charge in [-0.25, -0.2) is 13.1 Å². The summed E-state index contributed by atoms with van der Waals surface area (Å²) in [7, 11) is -4.04. The third-order valence-electron chi connectivity index (χ3n) is 4.14. The maximum Gasteiger partial charge on any atom is 0.289 e. The molecule has 2 aromatic carbocycles. The minimum Gasteiger partial charge on any atom is -0.411 e. The van der Waals surface area contributed by atoms with E-state index in [2.05, 4.69) is 36.2 Å². The standard InChI is InChI=1S/C19H18BrN5O6S2/c20-14-8-6-13(7-9-14)18-23-24-19(31-18)32-12-17(26)21-10-3-11-22-33(29,30)16-5-2-1-4-15(16)25(27)28/h1-2,4-9,22H,3,10-12H2,(H,21,26). The summed E-state index contributed by atoms with van der Waals surface area (Å²) < 4.78 is 33.4. The fourth-order valence-electron chi connectivity index (χ4n) is 2.59. The van der Waals surface area contributed by atoms with Gasteiger partial charge in [0.15, 0.2) is 4.90 Å². The van der Waals surface area contributed by atoms with E-state index >= 15 is 0 Å². The van der Waals surface area contributed by atoms with Crippen molar-refractivity contribution in [2.45, 2.75) is 16.5 Å². The highest BCUT2D eigenvalue weighted by atomic mass is 79.9. The number of carbonyl (C=O) groups is 1. The quantitative estimate of drug-likeness (QED) is 0.157. The van der Waals surface area contributed by atoms with Crippen LogP contribution in [0.2, 0.25) is 0 Å². The predicted octanol–water partition coefficient (Wildman–Crippen LogP) is 2.98. The molecule has 0 aliphatic carbocycles. The maximum absolute atomic E-state index is 12.3. The fourth-order valence-corrected chi connectivity index (χ4v) is 4.69. The van der Waals surface area contributed by atoms with E-state index in [1.165, 1.54) is 18.2 Å². The number of carbonyl (C=O) groups excluding carboxylic acids is 1. The zero-order chi connectivity index (χ0) is 23.8. The number of thioether (sulfide) groups is 1. The van der Waals surface area contributed by atoms with Crippen LogP contribution in [-0.4, -0.2) is 48.3 Å². The Morgan fingerprint density at radius 3 is 2.58 bits per heavy atom. The molecule has 1 aromatic heterocycles. The molecule has 3 aromatic rings. The number of sulfonamides is 1. The highest BCUT2D eigenvalue weighted by molar-refractivity contribution is 9.10. The Morgan fingerprint density at radius 2 is 1.85 bits per heavy atom. The highest BCUT2D eigenvalue weighted by Gasteiger charge is 2.24. The second-order valence-corrected chi connectivity index (χ2v) is 10.1. The van der Waals surface area contributed by atoms with Crippen molar-refractivity contribution >= 4 is 49.3 Å². The molecule has 0 fully saturated rings. The number of nitro groups is 1. The number of nitrogens with zero attached hydrogens (tertiary/aromatic N) is 3. The van der Waals surface area contributed by atoms with Crippen molar-refractivity contribution in [2.24, 2.45) is 0 Å². The van der Waals surface area contributed by atoms with Gasteiger partial charge in [-0.1, -0.05) is 39.8 Å². The van der Waals surface area contributed by atoms with Gasteiger partial charge in [0.2, 0.25) is 21.8 Å². The summed E-state index contributed by atoms with van der Waals surface area (Å²) >= 11 is 4.43. The number of rotatable bonds is 11. The SMILES string of the molecule is O=C(CSc1nnc(-c2ccc(Br)cc2)o1)NCCCNS(=O)(=O)c1ccccc1[N+](=O)[O-]. The van der Waals surface area contributed by atoms with Gasteiger partial charge in [0.05, 0.1) is 10.7 Å². The van der Waals surface area contributed by atoms with Crippen molar-refractivity contribution in [1.82, 2.24) is 20.2 Å².